The number of benzene rings is 1. The molecule has 0 aromatic heterocycles. The van der Waals surface area contributed by atoms with Crippen LogP contribution >= 0.6 is 0 Å². The molecule has 4 heteroatoms. The number of nitrogens with one attached hydrogen (secondary N) is 1. The van der Waals surface area contributed by atoms with E-state index in [2.05, 4.69) is 35.3 Å². The molecular weight excluding hydrogens is 228 g/mol. The lowest BCUT2D eigenvalue weighted by molar-refractivity contribution is -0.145. The van der Waals surface area contributed by atoms with E-state index in [-0.39, 0.29) is 0 Å². The van der Waals surface area contributed by atoms with Crippen LogP contribution in [0.5, 0.6) is 0 Å². The fourth-order valence-electron chi connectivity index (χ4n) is 2.54. The summed E-state index contributed by atoms with van der Waals surface area (Å²) in [5.74, 6) is -0.742. The van der Waals surface area contributed by atoms with Crippen LogP contribution in [0.1, 0.15) is 18.4 Å². The maximum absolute atomic E-state index is 11.3. The van der Waals surface area contributed by atoms with Gasteiger partial charge in [0.2, 0.25) is 0 Å². The molecule has 0 radical (unpaired) electrons. The number of nitrogens with zero attached hydrogens (tertiary/aromatic N) is 1. The van der Waals surface area contributed by atoms with Crippen molar-refractivity contribution in [2.24, 2.45) is 0 Å². The molecule has 1 aromatic rings. The Bertz CT molecular complexity index is 437. The van der Waals surface area contributed by atoms with E-state index in [1.165, 1.54) is 11.3 Å². The summed E-state index contributed by atoms with van der Waals surface area (Å²) < 4.78 is 0. The number of aryl methyl sites for hydroxylation is 1. The molecule has 0 atom stereocenters. The average molecular weight is 248 g/mol. The first kappa shape index (κ1) is 12.9. The monoisotopic (exact) mass is 248 g/mol. The molecule has 0 saturated carbocycles. The van der Waals surface area contributed by atoms with Gasteiger partial charge in [-0.15, -0.1) is 0 Å². The predicted molar refractivity (Wildman–Crippen MR) is 72.1 cm³/mol. The third-order valence-corrected chi connectivity index (χ3v) is 3.87. The minimum Gasteiger partial charge on any atom is -0.480 e. The maximum atomic E-state index is 11.3. The van der Waals surface area contributed by atoms with E-state index in [0.717, 1.165) is 13.1 Å². The van der Waals surface area contributed by atoms with Crippen LogP contribution in [-0.2, 0) is 4.79 Å². The summed E-state index contributed by atoms with van der Waals surface area (Å²) >= 11 is 0. The Hall–Kier alpha value is -1.55. The molecule has 1 aliphatic heterocycles. The molecule has 0 spiro atoms. The first-order valence-electron chi connectivity index (χ1n) is 6.31. The van der Waals surface area contributed by atoms with Gasteiger partial charge in [-0.25, -0.2) is 0 Å². The smallest absolute Gasteiger partial charge is 0.324 e. The van der Waals surface area contributed by atoms with Crippen molar-refractivity contribution >= 4 is 11.7 Å². The van der Waals surface area contributed by atoms with Crippen LogP contribution in [-0.4, -0.2) is 36.8 Å². The standard InChI is InChI=1S/C14H20N2O2/c1-11-4-3-5-12(10-11)16-8-6-14(15-2,7-9-16)13(17)18/h3-5,10,15H,6-9H2,1-2H3,(H,17,18). The van der Waals surface area contributed by atoms with Gasteiger partial charge in [-0.05, 0) is 44.5 Å². The van der Waals surface area contributed by atoms with Crippen molar-refractivity contribution in [1.82, 2.24) is 5.32 Å². The number of hydrogen-bond donors (Lipinski definition) is 2. The molecule has 0 bridgehead atoms. The van der Waals surface area contributed by atoms with Gasteiger partial charge in [-0.1, -0.05) is 12.1 Å². The third kappa shape index (κ3) is 2.34. The van der Waals surface area contributed by atoms with E-state index < -0.39 is 11.5 Å². The second kappa shape index (κ2) is 4.98. The van der Waals surface area contributed by atoms with Crippen molar-refractivity contribution in [1.29, 1.82) is 0 Å². The Morgan fingerprint density at radius 2 is 2.06 bits per heavy atom. The SMILES string of the molecule is CNC1(C(=O)O)CCN(c2cccc(C)c2)CC1. The molecule has 18 heavy (non-hydrogen) atoms. The Morgan fingerprint density at radius 1 is 1.39 bits per heavy atom. The van der Waals surface area contributed by atoms with Crippen molar-refractivity contribution in [3.63, 3.8) is 0 Å². The van der Waals surface area contributed by atoms with Crippen molar-refractivity contribution in [2.75, 3.05) is 25.0 Å². The molecule has 0 aliphatic carbocycles. The van der Waals surface area contributed by atoms with Gasteiger partial charge in [0.1, 0.15) is 5.54 Å². The van der Waals surface area contributed by atoms with Gasteiger partial charge in [-0.3, -0.25) is 4.79 Å². The van der Waals surface area contributed by atoms with E-state index >= 15 is 0 Å². The number of carboxylic acid groups (broad SMARTS) is 1. The number of piperidine rings is 1. The van der Waals surface area contributed by atoms with Crippen molar-refractivity contribution in [3.8, 4) is 0 Å². The molecule has 1 aliphatic rings. The lowest BCUT2D eigenvalue weighted by atomic mass is 9.87. The molecule has 98 valence electrons. The lowest BCUT2D eigenvalue weighted by Gasteiger charge is -2.39. The molecule has 0 unspecified atom stereocenters. The van der Waals surface area contributed by atoms with Crippen LogP contribution in [0.2, 0.25) is 0 Å². The summed E-state index contributed by atoms with van der Waals surface area (Å²) in [6.07, 6.45) is 1.26. The summed E-state index contributed by atoms with van der Waals surface area (Å²) in [5, 5.41) is 12.3. The molecule has 1 heterocycles. The van der Waals surface area contributed by atoms with E-state index in [1.54, 1.807) is 7.05 Å². The normalized spacial score (nSPS) is 18.7. The largest absolute Gasteiger partial charge is 0.480 e. The van der Waals surface area contributed by atoms with Gasteiger partial charge in [-0.2, -0.15) is 0 Å². The van der Waals surface area contributed by atoms with Crippen molar-refractivity contribution < 1.29 is 9.90 Å². The van der Waals surface area contributed by atoms with Gasteiger partial charge in [0.25, 0.3) is 0 Å². The summed E-state index contributed by atoms with van der Waals surface area (Å²) in [7, 11) is 1.73. The van der Waals surface area contributed by atoms with Crippen molar-refractivity contribution in [3.05, 3.63) is 29.8 Å². The second-order valence-corrected chi connectivity index (χ2v) is 4.96. The van der Waals surface area contributed by atoms with Gasteiger partial charge in [0, 0.05) is 18.8 Å². The highest BCUT2D eigenvalue weighted by Crippen LogP contribution is 2.26. The Labute approximate surface area is 108 Å². The molecule has 1 aromatic carbocycles. The number of carbonyl (C=O) groups is 1. The van der Waals surface area contributed by atoms with E-state index in [9.17, 15) is 9.90 Å². The highest BCUT2D eigenvalue weighted by molar-refractivity contribution is 5.79. The summed E-state index contributed by atoms with van der Waals surface area (Å²) in [5.41, 5.74) is 1.67. The van der Waals surface area contributed by atoms with E-state index in [0.29, 0.717) is 12.8 Å². The summed E-state index contributed by atoms with van der Waals surface area (Å²) in [6.45, 7) is 3.62. The Morgan fingerprint density at radius 3 is 2.56 bits per heavy atom. The van der Waals surface area contributed by atoms with Crippen LogP contribution < -0.4 is 10.2 Å². The fraction of sp³-hybridized carbons (Fsp3) is 0.500. The molecule has 2 rings (SSSR count). The molecular formula is C14H20N2O2. The van der Waals surface area contributed by atoms with Gasteiger partial charge in [0.05, 0.1) is 0 Å². The van der Waals surface area contributed by atoms with Crippen LogP contribution in [0.3, 0.4) is 0 Å². The number of aliphatic carboxylic acids is 1. The predicted octanol–water partition coefficient (Wildman–Crippen LogP) is 1.64. The number of likely N-dealkylation sites (N-methyl/N-ethyl adjacent to an activating group) is 1. The molecule has 2 N–H and O–H groups in total. The highest BCUT2D eigenvalue weighted by Gasteiger charge is 2.40. The zero-order chi connectivity index (χ0) is 13.2. The Kier molecular flexibility index (Phi) is 3.57. The number of anilines is 1. The van der Waals surface area contributed by atoms with E-state index in [4.69, 9.17) is 0 Å². The molecule has 4 nitrogen and oxygen atoms in total. The molecule has 1 saturated heterocycles. The first-order valence-corrected chi connectivity index (χ1v) is 6.31. The van der Waals surface area contributed by atoms with Crippen molar-refractivity contribution in [2.45, 2.75) is 25.3 Å². The first-order chi connectivity index (χ1) is 8.57. The van der Waals surface area contributed by atoms with Gasteiger partial charge in [0.15, 0.2) is 0 Å². The Balaban J connectivity index is 2.09. The van der Waals surface area contributed by atoms with Gasteiger partial charge >= 0.3 is 5.97 Å². The summed E-state index contributed by atoms with van der Waals surface area (Å²) in [4.78, 5) is 13.6. The van der Waals surface area contributed by atoms with Crippen LogP contribution in [0, 0.1) is 6.92 Å². The number of carboxylic acids is 1. The second-order valence-electron chi connectivity index (χ2n) is 4.96. The fourth-order valence-corrected chi connectivity index (χ4v) is 2.54. The van der Waals surface area contributed by atoms with E-state index in [1.807, 2.05) is 6.07 Å². The van der Waals surface area contributed by atoms with Crippen LogP contribution in [0.15, 0.2) is 24.3 Å². The number of rotatable bonds is 3. The third-order valence-electron chi connectivity index (χ3n) is 3.87. The minimum absolute atomic E-state index is 0.632. The van der Waals surface area contributed by atoms with Crippen LogP contribution in [0.25, 0.3) is 0 Å². The quantitative estimate of drug-likeness (QED) is 0.854. The zero-order valence-electron chi connectivity index (χ0n) is 10.9. The number of hydrogen-bond acceptors (Lipinski definition) is 3. The van der Waals surface area contributed by atoms with Crippen LogP contribution in [0.4, 0.5) is 5.69 Å². The molecule has 1 fully saturated rings. The maximum Gasteiger partial charge on any atom is 0.324 e. The minimum atomic E-state index is -0.750. The lowest BCUT2D eigenvalue weighted by Crippen LogP contribution is -2.57. The molecule has 0 amide bonds. The summed E-state index contributed by atoms with van der Waals surface area (Å²) in [6, 6.07) is 8.34. The highest BCUT2D eigenvalue weighted by atomic mass is 16.4. The van der Waals surface area contributed by atoms with Gasteiger partial charge < -0.3 is 15.3 Å². The zero-order valence-corrected chi connectivity index (χ0v) is 10.9. The average Bonchev–Trinajstić information content (AvgIpc) is 2.38. The topological polar surface area (TPSA) is 52.6 Å².